The summed E-state index contributed by atoms with van der Waals surface area (Å²) in [7, 11) is 1.76. The van der Waals surface area contributed by atoms with E-state index in [-0.39, 0.29) is 47.7 Å². The molecule has 2 N–H and O–H groups in total. The van der Waals surface area contributed by atoms with Crippen molar-refractivity contribution in [2.24, 2.45) is 11.3 Å². The molecule has 0 aromatic rings. The van der Waals surface area contributed by atoms with Crippen molar-refractivity contribution in [1.29, 1.82) is 0 Å². The van der Waals surface area contributed by atoms with Gasteiger partial charge in [0.2, 0.25) is 23.6 Å². The van der Waals surface area contributed by atoms with Gasteiger partial charge in [-0.05, 0) is 70.8 Å². The second kappa shape index (κ2) is 16.6. The molecule has 43 heavy (non-hydrogen) atoms. The largest absolute Gasteiger partial charge is 0.354 e. The first-order valence-electron chi connectivity index (χ1n) is 16.7. The number of carbonyl (C=O) groups is 4. The van der Waals surface area contributed by atoms with Gasteiger partial charge in [0.05, 0.1) is 12.1 Å². The Morgan fingerprint density at radius 3 is 2.16 bits per heavy atom. The van der Waals surface area contributed by atoms with Gasteiger partial charge in [0.1, 0.15) is 12.1 Å². The number of nitrogens with one attached hydrogen (secondary N) is 2. The highest BCUT2D eigenvalue weighted by Crippen LogP contribution is 2.27. The van der Waals surface area contributed by atoms with Crippen LogP contribution in [0.2, 0.25) is 0 Å². The van der Waals surface area contributed by atoms with Gasteiger partial charge < -0.3 is 20.4 Å². The van der Waals surface area contributed by atoms with Crippen molar-refractivity contribution in [1.82, 2.24) is 25.3 Å². The van der Waals surface area contributed by atoms with Crippen LogP contribution < -0.4 is 10.6 Å². The first kappa shape index (κ1) is 36.8. The van der Waals surface area contributed by atoms with E-state index in [2.05, 4.69) is 36.3 Å². The molecule has 0 unspecified atom stereocenters. The van der Waals surface area contributed by atoms with Crippen LogP contribution in [-0.2, 0) is 19.2 Å². The number of carbonyl (C=O) groups excluding carboxylic acids is 4. The van der Waals surface area contributed by atoms with Gasteiger partial charge in [-0.3, -0.25) is 24.1 Å². The predicted octanol–water partition coefficient (Wildman–Crippen LogP) is 4.51. The van der Waals surface area contributed by atoms with Crippen molar-refractivity contribution < 1.29 is 19.2 Å². The second-order valence-corrected chi connectivity index (χ2v) is 14.3. The zero-order valence-corrected chi connectivity index (χ0v) is 28.8. The molecule has 2 rings (SSSR count). The Hall–Kier alpha value is -2.42. The molecule has 2 heterocycles. The molecule has 2 aliphatic rings. The average Bonchev–Trinajstić information content (AvgIpc) is 3.44. The van der Waals surface area contributed by atoms with Crippen molar-refractivity contribution in [3.63, 3.8) is 0 Å². The molecule has 0 aliphatic carbocycles. The average molecular weight is 604 g/mol. The smallest absolute Gasteiger partial charge is 0.249 e. The lowest BCUT2D eigenvalue weighted by molar-refractivity contribution is -0.142. The highest BCUT2D eigenvalue weighted by Gasteiger charge is 2.40. The van der Waals surface area contributed by atoms with E-state index >= 15 is 0 Å². The summed E-state index contributed by atoms with van der Waals surface area (Å²) < 4.78 is 0. The zero-order chi connectivity index (χ0) is 32.5. The van der Waals surface area contributed by atoms with Gasteiger partial charge >= 0.3 is 0 Å². The minimum absolute atomic E-state index is 0.0269. The molecule has 0 aromatic heterocycles. The van der Waals surface area contributed by atoms with E-state index in [0.29, 0.717) is 25.1 Å². The summed E-state index contributed by atoms with van der Waals surface area (Å²) in [5.74, 6) is -0.483. The van der Waals surface area contributed by atoms with Gasteiger partial charge in [-0.15, -0.1) is 0 Å². The summed E-state index contributed by atoms with van der Waals surface area (Å²) in [6.45, 7) is 20.2. The van der Waals surface area contributed by atoms with E-state index in [9.17, 15) is 19.2 Å². The van der Waals surface area contributed by atoms with E-state index < -0.39 is 17.5 Å². The Bertz CT molecular complexity index is 986. The van der Waals surface area contributed by atoms with Gasteiger partial charge in [-0.25, -0.2) is 0 Å². The number of nitrogens with zero attached hydrogens (tertiary/aromatic N) is 3. The third-order valence-corrected chi connectivity index (χ3v) is 9.04. The molecule has 4 amide bonds. The Labute approximate surface area is 261 Å². The molecule has 9 heteroatoms. The van der Waals surface area contributed by atoms with Gasteiger partial charge in [0, 0.05) is 31.8 Å². The number of hydrogen-bond acceptors (Lipinski definition) is 5. The summed E-state index contributed by atoms with van der Waals surface area (Å²) in [5, 5.41) is 6.14. The summed E-state index contributed by atoms with van der Waals surface area (Å²) in [6, 6.07) is -1.52. The van der Waals surface area contributed by atoms with Crippen molar-refractivity contribution in [3.8, 4) is 0 Å². The molecule has 0 saturated carbocycles. The van der Waals surface area contributed by atoms with Gasteiger partial charge in [-0.1, -0.05) is 66.9 Å². The lowest BCUT2D eigenvalue weighted by Crippen LogP contribution is -2.60. The Morgan fingerprint density at radius 1 is 0.930 bits per heavy atom. The predicted molar refractivity (Wildman–Crippen MR) is 173 cm³/mol. The number of piperidine rings is 1. The van der Waals surface area contributed by atoms with E-state index in [1.54, 1.807) is 23.8 Å². The Balaban J connectivity index is 2.21. The summed E-state index contributed by atoms with van der Waals surface area (Å²) in [5.41, 5.74) is 0.0111. The number of hydrogen-bond donors (Lipinski definition) is 2. The first-order chi connectivity index (χ1) is 20.1. The fourth-order valence-electron chi connectivity index (χ4n) is 6.38. The Kier molecular flexibility index (Phi) is 14.2. The van der Waals surface area contributed by atoms with E-state index in [1.165, 1.54) is 0 Å². The van der Waals surface area contributed by atoms with Crippen LogP contribution in [0.4, 0.5) is 0 Å². The fourth-order valence-corrected chi connectivity index (χ4v) is 6.38. The number of amides is 4. The van der Waals surface area contributed by atoms with Crippen molar-refractivity contribution in [2.45, 2.75) is 144 Å². The molecular weight excluding hydrogens is 542 g/mol. The van der Waals surface area contributed by atoms with Gasteiger partial charge in [0.25, 0.3) is 0 Å². The fraction of sp³-hybridized carbons (Fsp3) is 0.824. The van der Waals surface area contributed by atoms with Crippen LogP contribution in [0.15, 0.2) is 11.6 Å². The quantitative estimate of drug-likeness (QED) is 0.238. The summed E-state index contributed by atoms with van der Waals surface area (Å²) >= 11 is 0. The van der Waals surface area contributed by atoms with Crippen LogP contribution in [0, 0.1) is 11.3 Å². The topological polar surface area (TPSA) is 102 Å². The van der Waals surface area contributed by atoms with E-state index in [0.717, 1.165) is 51.5 Å². The van der Waals surface area contributed by atoms with Crippen LogP contribution in [0.5, 0.6) is 0 Å². The molecule has 4 atom stereocenters. The molecule has 2 saturated heterocycles. The van der Waals surface area contributed by atoms with Crippen LogP contribution in [0.3, 0.4) is 0 Å². The monoisotopic (exact) mass is 603 g/mol. The summed E-state index contributed by atoms with van der Waals surface area (Å²) in [6.07, 6.45) is 9.27. The van der Waals surface area contributed by atoms with E-state index in [1.807, 2.05) is 40.7 Å². The van der Waals surface area contributed by atoms with Gasteiger partial charge in [-0.2, -0.15) is 0 Å². The number of rotatable bonds is 13. The third-order valence-electron chi connectivity index (χ3n) is 9.04. The lowest BCUT2D eigenvalue weighted by atomic mass is 9.84. The van der Waals surface area contributed by atoms with Crippen LogP contribution >= 0.6 is 0 Å². The highest BCUT2D eigenvalue weighted by molar-refractivity contribution is 5.97. The molecule has 0 spiro atoms. The van der Waals surface area contributed by atoms with Crippen LogP contribution in [0.1, 0.15) is 114 Å². The summed E-state index contributed by atoms with van der Waals surface area (Å²) in [4.78, 5) is 59.8. The minimum Gasteiger partial charge on any atom is -0.354 e. The minimum atomic E-state index is -0.717. The van der Waals surface area contributed by atoms with Crippen LogP contribution in [-0.4, -0.2) is 95.2 Å². The molecule has 2 fully saturated rings. The van der Waals surface area contributed by atoms with Crippen LogP contribution in [0.25, 0.3) is 0 Å². The standard InChI is InChI=1S/C34H61N5O4/c1-11-12-14-19-35-30(40)26-18-16-21-39(26)32(42)25(6)22-28(23(2)3)37(10)33(43)29(34(7,8)9)36-31(41)27-17-13-15-20-38(27)24(4)5/h22-24,26-29H,11-21H2,1-10H3,(H,35,40)(H,36,41)/t26-,27+,28+,29+/m0/s1. The van der Waals surface area contributed by atoms with Crippen molar-refractivity contribution in [2.75, 3.05) is 26.7 Å². The van der Waals surface area contributed by atoms with Gasteiger partial charge in [0.15, 0.2) is 0 Å². The van der Waals surface area contributed by atoms with E-state index in [4.69, 9.17) is 0 Å². The normalized spacial score (nSPS) is 21.6. The number of likely N-dealkylation sites (tertiary alicyclic amines) is 2. The Morgan fingerprint density at radius 2 is 1.58 bits per heavy atom. The third kappa shape index (κ3) is 10.0. The van der Waals surface area contributed by atoms with Crippen molar-refractivity contribution in [3.05, 3.63) is 11.6 Å². The SMILES string of the molecule is CCCCCNC(=O)[C@@H]1CCCN1C(=O)C(C)=C[C@H](C(C)C)N(C)C(=O)[C@@H](NC(=O)[C@H]1CCCCN1C(C)C)C(C)(C)C. The molecule has 0 radical (unpaired) electrons. The van der Waals surface area contributed by atoms with Crippen molar-refractivity contribution >= 4 is 23.6 Å². The molecule has 9 nitrogen and oxygen atoms in total. The highest BCUT2D eigenvalue weighted by atomic mass is 16.2. The molecule has 246 valence electrons. The molecule has 0 bridgehead atoms. The molecular formula is C34H61N5O4. The first-order valence-corrected chi connectivity index (χ1v) is 16.7. The zero-order valence-electron chi connectivity index (χ0n) is 28.8. The maximum absolute atomic E-state index is 14.1. The maximum atomic E-state index is 14.1. The second-order valence-electron chi connectivity index (χ2n) is 14.3. The molecule has 2 aliphatic heterocycles. The number of likely N-dealkylation sites (N-methyl/N-ethyl adjacent to an activating group) is 1. The number of unbranched alkanes of at least 4 members (excludes halogenated alkanes) is 2. The molecule has 0 aromatic carbocycles. The lowest BCUT2D eigenvalue weighted by Gasteiger charge is -2.41. The maximum Gasteiger partial charge on any atom is 0.249 e.